The SMILES string of the molecule is O=C1c2ccc3c4ccc5c6c(ccc(c7ccc(c2c37)C(=O)N1c1ccc(F)cn1)c64)C(=O)N(c1ccc(F)cn1)C5=O. The number of nitrogens with zero attached hydrogens (tertiary/aromatic N) is 4. The van der Waals surface area contributed by atoms with Crippen LogP contribution in [0, 0.1) is 11.6 Å². The lowest BCUT2D eigenvalue weighted by atomic mass is 9.82. The highest BCUT2D eigenvalue weighted by molar-refractivity contribution is 6.45. The molecule has 44 heavy (non-hydrogen) atoms. The van der Waals surface area contributed by atoms with Crippen LogP contribution in [0.25, 0.3) is 43.1 Å². The molecule has 4 heterocycles. The molecule has 0 bridgehead atoms. The number of hydrogen-bond donors (Lipinski definition) is 0. The zero-order valence-electron chi connectivity index (χ0n) is 22.3. The fourth-order valence-electron chi connectivity index (χ4n) is 6.68. The topological polar surface area (TPSA) is 101 Å². The van der Waals surface area contributed by atoms with Crippen LogP contribution >= 0.6 is 0 Å². The van der Waals surface area contributed by atoms with Crippen molar-refractivity contribution in [3.8, 4) is 0 Å². The molecule has 0 spiro atoms. The highest BCUT2D eigenvalue weighted by atomic mass is 19.1. The third-order valence-electron chi connectivity index (χ3n) is 8.52. The van der Waals surface area contributed by atoms with Gasteiger partial charge in [-0.2, -0.15) is 0 Å². The number of benzene rings is 5. The number of fused-ring (bicyclic) bond motifs is 2. The normalized spacial score (nSPS) is 14.7. The van der Waals surface area contributed by atoms with E-state index in [-0.39, 0.29) is 11.6 Å². The molecule has 2 aliphatic rings. The molecule has 0 aliphatic carbocycles. The van der Waals surface area contributed by atoms with Crippen molar-refractivity contribution in [1.82, 2.24) is 9.97 Å². The van der Waals surface area contributed by atoms with Crippen LogP contribution in [0.2, 0.25) is 0 Å². The molecule has 0 N–H and O–H groups in total. The minimum absolute atomic E-state index is 0.0179. The average molecular weight is 581 g/mol. The first-order chi connectivity index (χ1) is 21.3. The molecule has 0 atom stereocenters. The second kappa shape index (κ2) is 8.23. The van der Waals surface area contributed by atoms with Gasteiger partial charge in [0.15, 0.2) is 0 Å². The van der Waals surface area contributed by atoms with Crippen LogP contribution in [0.4, 0.5) is 20.4 Å². The number of pyridine rings is 2. The Balaban J connectivity index is 1.31. The standard InChI is InChI=1S/C34H14F2N4O4/c35-15-1-11-25(37-13-15)39-31(41)21-7-3-17-19-5-9-23-30-24(34(44)40(33(23)43)26-12-2-16(36)14-38-26)10-6-20(28(19)30)18-4-8-22(32(39)42)29(21)27(17)18/h1-14H. The summed E-state index contributed by atoms with van der Waals surface area (Å²) in [5.41, 5.74) is 1.20. The van der Waals surface area contributed by atoms with Gasteiger partial charge in [0, 0.05) is 33.0 Å². The van der Waals surface area contributed by atoms with Gasteiger partial charge in [0.25, 0.3) is 23.6 Å². The van der Waals surface area contributed by atoms with E-state index in [1.807, 2.05) is 0 Å². The Morgan fingerprint density at radius 3 is 1.00 bits per heavy atom. The third kappa shape index (κ3) is 2.93. The molecule has 208 valence electrons. The number of carbonyl (C=O) groups excluding carboxylic acids is 4. The summed E-state index contributed by atoms with van der Waals surface area (Å²) in [6.45, 7) is 0. The van der Waals surface area contributed by atoms with E-state index in [0.29, 0.717) is 43.8 Å². The molecule has 10 heteroatoms. The summed E-state index contributed by atoms with van der Waals surface area (Å²) in [7, 11) is 0. The second-order valence-corrected chi connectivity index (χ2v) is 10.7. The smallest absolute Gasteiger partial charge is 0.267 e. The number of aromatic nitrogens is 2. The Bertz CT molecular complexity index is 2200. The molecule has 4 amide bonds. The van der Waals surface area contributed by atoms with Gasteiger partial charge in [-0.25, -0.2) is 28.5 Å². The van der Waals surface area contributed by atoms with Crippen LogP contribution < -0.4 is 9.80 Å². The van der Waals surface area contributed by atoms with E-state index in [1.54, 1.807) is 48.5 Å². The fraction of sp³-hybridized carbons (Fsp3) is 0. The zero-order chi connectivity index (χ0) is 30.0. The van der Waals surface area contributed by atoms with E-state index >= 15 is 0 Å². The maximum absolute atomic E-state index is 13.7. The van der Waals surface area contributed by atoms with Gasteiger partial charge in [0.05, 0.1) is 12.4 Å². The average Bonchev–Trinajstić information content (AvgIpc) is 3.03. The van der Waals surface area contributed by atoms with E-state index in [9.17, 15) is 28.0 Å². The quantitative estimate of drug-likeness (QED) is 0.133. The van der Waals surface area contributed by atoms with Crippen LogP contribution in [-0.4, -0.2) is 33.6 Å². The van der Waals surface area contributed by atoms with E-state index in [1.165, 1.54) is 12.1 Å². The number of amides is 4. The number of imide groups is 2. The lowest BCUT2D eigenvalue weighted by Crippen LogP contribution is -2.41. The summed E-state index contributed by atoms with van der Waals surface area (Å²) >= 11 is 0. The Hall–Kier alpha value is -6.16. The molecule has 7 aromatic rings. The van der Waals surface area contributed by atoms with E-state index in [0.717, 1.165) is 55.9 Å². The molecule has 0 saturated carbocycles. The first kappa shape index (κ1) is 24.4. The van der Waals surface area contributed by atoms with Crippen LogP contribution in [0.3, 0.4) is 0 Å². The van der Waals surface area contributed by atoms with Crippen molar-refractivity contribution < 1.29 is 28.0 Å². The van der Waals surface area contributed by atoms with Gasteiger partial charge in [-0.15, -0.1) is 0 Å². The van der Waals surface area contributed by atoms with Gasteiger partial charge >= 0.3 is 0 Å². The molecule has 5 aromatic carbocycles. The van der Waals surface area contributed by atoms with Crippen LogP contribution in [0.15, 0.2) is 85.2 Å². The van der Waals surface area contributed by atoms with E-state index in [2.05, 4.69) is 9.97 Å². The van der Waals surface area contributed by atoms with Gasteiger partial charge in [0.2, 0.25) is 0 Å². The van der Waals surface area contributed by atoms with Crippen molar-refractivity contribution in [2.75, 3.05) is 9.80 Å². The Morgan fingerprint density at radius 2 is 0.727 bits per heavy atom. The van der Waals surface area contributed by atoms with Crippen LogP contribution in [0.1, 0.15) is 41.4 Å². The molecule has 2 aliphatic heterocycles. The van der Waals surface area contributed by atoms with E-state index < -0.39 is 35.3 Å². The second-order valence-electron chi connectivity index (χ2n) is 10.7. The van der Waals surface area contributed by atoms with Gasteiger partial charge in [0.1, 0.15) is 23.3 Å². The van der Waals surface area contributed by atoms with Crippen molar-refractivity contribution in [1.29, 1.82) is 0 Å². The number of halogens is 2. The van der Waals surface area contributed by atoms with Gasteiger partial charge < -0.3 is 0 Å². The minimum atomic E-state index is -0.591. The van der Waals surface area contributed by atoms with Crippen molar-refractivity contribution in [3.05, 3.63) is 119 Å². The van der Waals surface area contributed by atoms with Gasteiger partial charge in [-0.3, -0.25) is 19.2 Å². The molecular weight excluding hydrogens is 566 g/mol. The molecule has 9 rings (SSSR count). The number of anilines is 2. The molecule has 8 nitrogen and oxygen atoms in total. The number of rotatable bonds is 2. The van der Waals surface area contributed by atoms with Crippen LogP contribution in [-0.2, 0) is 0 Å². The first-order valence-electron chi connectivity index (χ1n) is 13.5. The Morgan fingerprint density at radius 1 is 0.409 bits per heavy atom. The molecule has 2 aromatic heterocycles. The summed E-state index contributed by atoms with van der Waals surface area (Å²) in [5.74, 6) is -3.45. The van der Waals surface area contributed by atoms with Gasteiger partial charge in [-0.1, -0.05) is 24.3 Å². The molecule has 0 radical (unpaired) electrons. The summed E-state index contributed by atoms with van der Waals surface area (Å²) < 4.78 is 27.1. The number of carbonyl (C=O) groups is 4. The Kier molecular flexibility index (Phi) is 4.57. The third-order valence-corrected chi connectivity index (χ3v) is 8.52. The maximum atomic E-state index is 13.7. The van der Waals surface area contributed by atoms with Crippen molar-refractivity contribution in [2.45, 2.75) is 0 Å². The highest BCUT2D eigenvalue weighted by Gasteiger charge is 2.38. The highest BCUT2D eigenvalue weighted by Crippen LogP contribution is 2.46. The van der Waals surface area contributed by atoms with E-state index in [4.69, 9.17) is 0 Å². The molecule has 0 fully saturated rings. The fourth-order valence-corrected chi connectivity index (χ4v) is 6.68. The Labute approximate surface area is 245 Å². The lowest BCUT2D eigenvalue weighted by Gasteiger charge is -2.29. The largest absolute Gasteiger partial charge is 0.268 e. The zero-order valence-corrected chi connectivity index (χ0v) is 22.3. The summed E-state index contributed by atoms with van der Waals surface area (Å²) in [4.78, 5) is 64.6. The minimum Gasteiger partial charge on any atom is -0.268 e. The molecule has 0 saturated heterocycles. The maximum Gasteiger partial charge on any atom is 0.267 e. The predicted molar refractivity (Wildman–Crippen MR) is 158 cm³/mol. The summed E-state index contributed by atoms with van der Waals surface area (Å²) in [5, 5.41) is 5.37. The molecular formula is C34H14F2N4O4. The first-order valence-corrected chi connectivity index (χ1v) is 13.5. The van der Waals surface area contributed by atoms with Crippen LogP contribution in [0.5, 0.6) is 0 Å². The van der Waals surface area contributed by atoms with Crippen molar-refractivity contribution >= 4 is 78.4 Å². The lowest BCUT2D eigenvalue weighted by molar-refractivity contribution is 0.0876. The summed E-state index contributed by atoms with van der Waals surface area (Å²) in [6, 6.07) is 18.6. The van der Waals surface area contributed by atoms with Crippen molar-refractivity contribution in [2.24, 2.45) is 0 Å². The number of hydrogen-bond acceptors (Lipinski definition) is 6. The summed E-state index contributed by atoms with van der Waals surface area (Å²) in [6.07, 6.45) is 1.90. The monoisotopic (exact) mass is 580 g/mol. The van der Waals surface area contributed by atoms with Gasteiger partial charge in [-0.05, 0) is 80.8 Å². The van der Waals surface area contributed by atoms with Crippen molar-refractivity contribution in [3.63, 3.8) is 0 Å². The predicted octanol–water partition coefficient (Wildman–Crippen LogP) is 6.41. The molecule has 0 unspecified atom stereocenters.